The molecule has 1 heterocycles. The number of Topliss-reactive ketones (excluding diaryl/α,β-unsaturated/α-hetero) is 1. The van der Waals surface area contributed by atoms with Gasteiger partial charge in [-0.3, -0.25) is 9.69 Å². The number of carbonyl (C=O) groups excluding carboxylic acids is 1. The fourth-order valence-corrected chi connectivity index (χ4v) is 2.52. The van der Waals surface area contributed by atoms with Gasteiger partial charge in [-0.2, -0.15) is 0 Å². The summed E-state index contributed by atoms with van der Waals surface area (Å²) in [6.07, 6.45) is 3.54. The van der Waals surface area contributed by atoms with E-state index in [9.17, 15) is 13.6 Å². The van der Waals surface area contributed by atoms with Gasteiger partial charge in [0.05, 0.1) is 6.54 Å². The summed E-state index contributed by atoms with van der Waals surface area (Å²) >= 11 is 0. The largest absolute Gasteiger partial charge is 0.299 e. The van der Waals surface area contributed by atoms with Gasteiger partial charge in [-0.1, -0.05) is 6.42 Å². The van der Waals surface area contributed by atoms with Crippen LogP contribution in [0.2, 0.25) is 0 Å². The molecule has 1 saturated heterocycles. The van der Waals surface area contributed by atoms with Crippen LogP contribution in [-0.4, -0.2) is 36.2 Å². The third-order valence-electron chi connectivity index (χ3n) is 3.41. The number of alkyl halides is 2. The molecule has 0 aromatic rings. The quantitative estimate of drug-likeness (QED) is 0.706. The summed E-state index contributed by atoms with van der Waals surface area (Å²) in [5, 5.41) is 0. The predicted molar refractivity (Wildman–Crippen MR) is 53.0 cm³/mol. The standard InChI is InChI=1S/C11H17F2NO/c12-11(13)5-6-14(8-11)7-9-3-1-2-4-10(9)15/h9H,1-8H2. The van der Waals surface area contributed by atoms with Crippen molar-refractivity contribution < 1.29 is 13.6 Å². The number of likely N-dealkylation sites (tertiary alicyclic amines) is 1. The molecule has 1 unspecified atom stereocenters. The summed E-state index contributed by atoms with van der Waals surface area (Å²) in [6.45, 7) is 0.835. The second-order valence-electron chi connectivity index (χ2n) is 4.75. The van der Waals surface area contributed by atoms with Crippen LogP contribution in [-0.2, 0) is 4.79 Å². The topological polar surface area (TPSA) is 20.3 Å². The highest BCUT2D eigenvalue weighted by Crippen LogP contribution is 2.29. The van der Waals surface area contributed by atoms with Gasteiger partial charge in [0.2, 0.25) is 0 Å². The van der Waals surface area contributed by atoms with Crippen LogP contribution in [0, 0.1) is 5.92 Å². The van der Waals surface area contributed by atoms with E-state index in [2.05, 4.69) is 0 Å². The SMILES string of the molecule is O=C1CCCCC1CN1CCC(F)(F)C1. The smallest absolute Gasteiger partial charge is 0.261 e. The van der Waals surface area contributed by atoms with Crippen molar-refractivity contribution in [1.82, 2.24) is 4.90 Å². The van der Waals surface area contributed by atoms with Crippen molar-refractivity contribution in [2.24, 2.45) is 5.92 Å². The number of nitrogens with zero attached hydrogens (tertiary/aromatic N) is 1. The van der Waals surface area contributed by atoms with E-state index in [0.29, 0.717) is 19.5 Å². The van der Waals surface area contributed by atoms with Crippen LogP contribution in [0.3, 0.4) is 0 Å². The molecule has 0 N–H and O–H groups in total. The third kappa shape index (κ3) is 2.74. The van der Waals surface area contributed by atoms with Gasteiger partial charge in [0.25, 0.3) is 5.92 Å². The molecule has 0 radical (unpaired) electrons. The van der Waals surface area contributed by atoms with Gasteiger partial charge in [0.15, 0.2) is 0 Å². The van der Waals surface area contributed by atoms with E-state index in [1.807, 2.05) is 0 Å². The molecule has 1 aliphatic heterocycles. The molecule has 1 aliphatic carbocycles. The Hall–Kier alpha value is -0.510. The number of hydrogen-bond acceptors (Lipinski definition) is 2. The normalized spacial score (nSPS) is 32.1. The van der Waals surface area contributed by atoms with Gasteiger partial charge < -0.3 is 0 Å². The fraction of sp³-hybridized carbons (Fsp3) is 0.909. The first-order valence-corrected chi connectivity index (χ1v) is 5.70. The van der Waals surface area contributed by atoms with Crippen LogP contribution in [0.5, 0.6) is 0 Å². The zero-order valence-corrected chi connectivity index (χ0v) is 8.85. The maximum Gasteiger partial charge on any atom is 0.261 e. The highest BCUT2D eigenvalue weighted by Gasteiger charge is 2.39. The van der Waals surface area contributed by atoms with E-state index in [0.717, 1.165) is 19.3 Å². The second-order valence-corrected chi connectivity index (χ2v) is 4.75. The van der Waals surface area contributed by atoms with E-state index in [1.165, 1.54) is 0 Å². The number of carbonyl (C=O) groups is 1. The number of hydrogen-bond donors (Lipinski definition) is 0. The van der Waals surface area contributed by atoms with E-state index < -0.39 is 5.92 Å². The van der Waals surface area contributed by atoms with Crippen LogP contribution in [0.25, 0.3) is 0 Å². The van der Waals surface area contributed by atoms with Crippen LogP contribution < -0.4 is 0 Å². The van der Waals surface area contributed by atoms with Crippen molar-refractivity contribution in [2.45, 2.75) is 38.0 Å². The monoisotopic (exact) mass is 217 g/mol. The summed E-state index contributed by atoms with van der Waals surface area (Å²) in [5.41, 5.74) is 0. The summed E-state index contributed by atoms with van der Waals surface area (Å²) in [5.74, 6) is -2.23. The van der Waals surface area contributed by atoms with Gasteiger partial charge in [-0.05, 0) is 12.8 Å². The van der Waals surface area contributed by atoms with Gasteiger partial charge in [-0.25, -0.2) is 8.78 Å². The third-order valence-corrected chi connectivity index (χ3v) is 3.41. The Kier molecular flexibility index (Phi) is 3.05. The van der Waals surface area contributed by atoms with E-state index >= 15 is 0 Å². The first kappa shape index (κ1) is 11.0. The van der Waals surface area contributed by atoms with Crippen molar-refractivity contribution in [2.75, 3.05) is 19.6 Å². The molecule has 0 amide bonds. The maximum absolute atomic E-state index is 12.9. The van der Waals surface area contributed by atoms with Gasteiger partial charge >= 0.3 is 0 Å². The van der Waals surface area contributed by atoms with Crippen molar-refractivity contribution >= 4 is 5.78 Å². The molecule has 0 aromatic carbocycles. The van der Waals surface area contributed by atoms with Gasteiger partial charge in [0.1, 0.15) is 5.78 Å². The average molecular weight is 217 g/mol. The van der Waals surface area contributed by atoms with Crippen LogP contribution in [0.4, 0.5) is 8.78 Å². The lowest BCUT2D eigenvalue weighted by Gasteiger charge is -2.25. The Bertz CT molecular complexity index is 255. The molecule has 0 aromatic heterocycles. The molecule has 4 heteroatoms. The van der Waals surface area contributed by atoms with Crippen molar-refractivity contribution in [3.8, 4) is 0 Å². The molecule has 0 spiro atoms. The number of rotatable bonds is 2. The first-order chi connectivity index (χ1) is 7.07. The van der Waals surface area contributed by atoms with Crippen LogP contribution in [0.15, 0.2) is 0 Å². The zero-order valence-electron chi connectivity index (χ0n) is 8.85. The molecule has 2 aliphatic rings. The Morgan fingerprint density at radius 2 is 2.20 bits per heavy atom. The molecular formula is C11H17F2NO. The lowest BCUT2D eigenvalue weighted by Crippen LogP contribution is -2.34. The molecule has 2 nitrogen and oxygen atoms in total. The minimum absolute atomic E-state index is 0.0210. The lowest BCUT2D eigenvalue weighted by atomic mass is 9.88. The number of halogens is 2. The lowest BCUT2D eigenvalue weighted by molar-refractivity contribution is -0.125. The van der Waals surface area contributed by atoms with Crippen LogP contribution in [0.1, 0.15) is 32.1 Å². The maximum atomic E-state index is 12.9. The Balaban J connectivity index is 1.84. The molecule has 0 bridgehead atoms. The molecule has 1 saturated carbocycles. The molecule has 86 valence electrons. The average Bonchev–Trinajstić information content (AvgIpc) is 2.50. The Labute approximate surface area is 88.6 Å². The molecule has 15 heavy (non-hydrogen) atoms. The minimum atomic E-state index is -2.53. The fourth-order valence-electron chi connectivity index (χ4n) is 2.52. The van der Waals surface area contributed by atoms with Gasteiger partial charge in [0, 0.05) is 31.8 Å². The predicted octanol–water partition coefficient (Wildman–Crippen LogP) is 2.09. The molecule has 2 rings (SSSR count). The molecule has 1 atom stereocenters. The molecular weight excluding hydrogens is 200 g/mol. The second kappa shape index (κ2) is 4.16. The van der Waals surface area contributed by atoms with Crippen molar-refractivity contribution in [1.29, 1.82) is 0 Å². The van der Waals surface area contributed by atoms with E-state index in [-0.39, 0.29) is 24.7 Å². The Morgan fingerprint density at radius 3 is 2.80 bits per heavy atom. The highest BCUT2D eigenvalue weighted by molar-refractivity contribution is 5.81. The Morgan fingerprint density at radius 1 is 1.40 bits per heavy atom. The van der Waals surface area contributed by atoms with Gasteiger partial charge in [-0.15, -0.1) is 0 Å². The highest BCUT2D eigenvalue weighted by atomic mass is 19.3. The van der Waals surface area contributed by atoms with E-state index in [1.54, 1.807) is 4.90 Å². The summed E-state index contributed by atoms with van der Waals surface area (Å²) in [4.78, 5) is 13.3. The summed E-state index contributed by atoms with van der Waals surface area (Å²) in [7, 11) is 0. The first-order valence-electron chi connectivity index (χ1n) is 5.70. The van der Waals surface area contributed by atoms with Crippen LogP contribution >= 0.6 is 0 Å². The molecule has 2 fully saturated rings. The summed E-state index contributed by atoms with van der Waals surface area (Å²) < 4.78 is 25.8. The van der Waals surface area contributed by atoms with Crippen molar-refractivity contribution in [3.05, 3.63) is 0 Å². The van der Waals surface area contributed by atoms with E-state index in [4.69, 9.17) is 0 Å². The van der Waals surface area contributed by atoms with Crippen molar-refractivity contribution in [3.63, 3.8) is 0 Å². The number of ketones is 1. The summed E-state index contributed by atoms with van der Waals surface area (Å²) in [6, 6.07) is 0. The minimum Gasteiger partial charge on any atom is -0.299 e. The zero-order chi connectivity index (χ0) is 10.9.